The van der Waals surface area contributed by atoms with Gasteiger partial charge in [-0.3, -0.25) is 4.79 Å². The lowest BCUT2D eigenvalue weighted by Gasteiger charge is -2.19. The van der Waals surface area contributed by atoms with E-state index in [4.69, 9.17) is 11.6 Å². The molecule has 138 valence electrons. The number of rotatable bonds is 7. The number of benzene rings is 2. The van der Waals surface area contributed by atoms with Crippen molar-refractivity contribution in [2.24, 2.45) is 0 Å². The van der Waals surface area contributed by atoms with Crippen molar-refractivity contribution < 1.29 is 9.59 Å². The Morgan fingerprint density at radius 3 is 2.50 bits per heavy atom. The molecule has 0 saturated heterocycles. The fraction of sp³-hybridized carbons (Fsp3) is 0.263. The lowest BCUT2D eigenvalue weighted by molar-refractivity contribution is 0.0963. The molecule has 0 saturated carbocycles. The number of carbonyl (C=O) groups is 2. The molecule has 0 unspecified atom stereocenters. The number of carbonyl (C=O) groups excluding carboxylic acids is 2. The fourth-order valence-electron chi connectivity index (χ4n) is 2.42. The van der Waals surface area contributed by atoms with Crippen molar-refractivity contribution in [3.8, 4) is 0 Å². The van der Waals surface area contributed by atoms with E-state index in [1.54, 1.807) is 18.2 Å². The lowest BCUT2D eigenvalue weighted by Crippen LogP contribution is -2.31. The van der Waals surface area contributed by atoms with E-state index in [9.17, 15) is 9.59 Å². The van der Waals surface area contributed by atoms with Crippen LogP contribution in [0.25, 0.3) is 0 Å². The Hall–Kier alpha value is -2.73. The SMILES string of the molecule is CNC(=O)c1ccc(NC(=O)NCCCN(C)c2ccccc2)cc1Cl. The van der Waals surface area contributed by atoms with Crippen LogP contribution in [0.1, 0.15) is 16.8 Å². The molecule has 2 aromatic rings. The fourth-order valence-corrected chi connectivity index (χ4v) is 2.68. The first-order valence-corrected chi connectivity index (χ1v) is 8.71. The van der Waals surface area contributed by atoms with Gasteiger partial charge in [0.25, 0.3) is 5.91 Å². The van der Waals surface area contributed by atoms with Gasteiger partial charge < -0.3 is 20.9 Å². The lowest BCUT2D eigenvalue weighted by atomic mass is 10.2. The highest BCUT2D eigenvalue weighted by Crippen LogP contribution is 2.20. The molecule has 2 rings (SSSR count). The van der Waals surface area contributed by atoms with Crippen LogP contribution in [0, 0.1) is 0 Å². The second-order valence-corrected chi connectivity index (χ2v) is 6.17. The van der Waals surface area contributed by atoms with Crippen molar-refractivity contribution >= 4 is 34.9 Å². The van der Waals surface area contributed by atoms with Crippen molar-refractivity contribution in [3.05, 3.63) is 59.1 Å². The van der Waals surface area contributed by atoms with E-state index in [2.05, 4.69) is 20.9 Å². The molecular weight excluding hydrogens is 352 g/mol. The summed E-state index contributed by atoms with van der Waals surface area (Å²) in [6.07, 6.45) is 0.815. The van der Waals surface area contributed by atoms with Crippen LogP contribution >= 0.6 is 11.6 Å². The average Bonchev–Trinajstić information content (AvgIpc) is 2.65. The molecule has 0 radical (unpaired) electrons. The van der Waals surface area contributed by atoms with Crippen LogP contribution in [-0.2, 0) is 0 Å². The van der Waals surface area contributed by atoms with Gasteiger partial charge in [0.2, 0.25) is 0 Å². The van der Waals surface area contributed by atoms with Gasteiger partial charge in [-0.15, -0.1) is 0 Å². The summed E-state index contributed by atoms with van der Waals surface area (Å²) in [6, 6.07) is 14.5. The Labute approximate surface area is 158 Å². The Morgan fingerprint density at radius 2 is 1.85 bits per heavy atom. The second-order valence-electron chi connectivity index (χ2n) is 5.77. The van der Waals surface area contributed by atoms with Crippen LogP contribution in [0.2, 0.25) is 5.02 Å². The molecule has 0 aliphatic heterocycles. The zero-order valence-corrected chi connectivity index (χ0v) is 15.6. The minimum Gasteiger partial charge on any atom is -0.375 e. The molecule has 6 nitrogen and oxygen atoms in total. The zero-order valence-electron chi connectivity index (χ0n) is 14.9. The molecule has 3 amide bonds. The third kappa shape index (κ3) is 5.67. The van der Waals surface area contributed by atoms with Gasteiger partial charge in [0, 0.05) is 38.6 Å². The number of hydrogen-bond donors (Lipinski definition) is 3. The summed E-state index contributed by atoms with van der Waals surface area (Å²) in [7, 11) is 3.55. The number of anilines is 2. The number of urea groups is 1. The zero-order chi connectivity index (χ0) is 18.9. The van der Waals surface area contributed by atoms with E-state index in [0.29, 0.717) is 17.8 Å². The van der Waals surface area contributed by atoms with E-state index in [1.807, 2.05) is 37.4 Å². The smallest absolute Gasteiger partial charge is 0.319 e. The number of amides is 3. The molecule has 0 aliphatic rings. The number of hydrogen-bond acceptors (Lipinski definition) is 3. The van der Waals surface area contributed by atoms with E-state index < -0.39 is 0 Å². The van der Waals surface area contributed by atoms with Crippen molar-refractivity contribution in [1.82, 2.24) is 10.6 Å². The molecule has 0 aromatic heterocycles. The van der Waals surface area contributed by atoms with Gasteiger partial charge in [0.1, 0.15) is 0 Å². The summed E-state index contributed by atoms with van der Waals surface area (Å²) in [5.41, 5.74) is 2.04. The van der Waals surface area contributed by atoms with Crippen LogP contribution in [0.3, 0.4) is 0 Å². The van der Waals surface area contributed by atoms with Gasteiger partial charge in [-0.2, -0.15) is 0 Å². The minimum atomic E-state index is -0.309. The maximum atomic E-state index is 12.0. The summed E-state index contributed by atoms with van der Waals surface area (Å²) < 4.78 is 0. The highest BCUT2D eigenvalue weighted by molar-refractivity contribution is 6.34. The van der Waals surface area contributed by atoms with Crippen LogP contribution < -0.4 is 20.9 Å². The first-order valence-electron chi connectivity index (χ1n) is 8.34. The molecule has 0 fully saturated rings. The summed E-state index contributed by atoms with van der Waals surface area (Å²) in [4.78, 5) is 25.7. The van der Waals surface area contributed by atoms with Crippen molar-refractivity contribution in [2.75, 3.05) is 37.4 Å². The second kappa shape index (κ2) is 9.68. The van der Waals surface area contributed by atoms with E-state index >= 15 is 0 Å². The van der Waals surface area contributed by atoms with Crippen molar-refractivity contribution in [1.29, 1.82) is 0 Å². The van der Waals surface area contributed by atoms with Gasteiger partial charge in [-0.1, -0.05) is 29.8 Å². The maximum Gasteiger partial charge on any atom is 0.319 e. The van der Waals surface area contributed by atoms with E-state index in [0.717, 1.165) is 18.7 Å². The van der Waals surface area contributed by atoms with E-state index in [1.165, 1.54) is 7.05 Å². The quantitative estimate of drug-likeness (QED) is 0.651. The molecule has 0 aliphatic carbocycles. The third-order valence-corrected chi connectivity index (χ3v) is 4.16. The Morgan fingerprint density at radius 1 is 1.12 bits per heavy atom. The summed E-state index contributed by atoms with van der Waals surface area (Å²) in [5.74, 6) is -0.270. The molecule has 0 heterocycles. The summed E-state index contributed by atoms with van der Waals surface area (Å²) >= 11 is 6.07. The van der Waals surface area contributed by atoms with Crippen molar-refractivity contribution in [3.63, 3.8) is 0 Å². The largest absolute Gasteiger partial charge is 0.375 e. The molecule has 0 bridgehead atoms. The van der Waals surface area contributed by atoms with Gasteiger partial charge in [0.15, 0.2) is 0 Å². The minimum absolute atomic E-state index is 0.270. The highest BCUT2D eigenvalue weighted by atomic mass is 35.5. The monoisotopic (exact) mass is 374 g/mol. The summed E-state index contributed by atoms with van der Waals surface area (Å²) in [6.45, 7) is 1.38. The van der Waals surface area contributed by atoms with Crippen LogP contribution in [0.15, 0.2) is 48.5 Å². The van der Waals surface area contributed by atoms with Crippen LogP contribution in [-0.4, -0.2) is 39.1 Å². The normalized spacial score (nSPS) is 10.1. The number of nitrogens with zero attached hydrogens (tertiary/aromatic N) is 1. The van der Waals surface area contributed by atoms with Gasteiger partial charge in [-0.25, -0.2) is 4.79 Å². The van der Waals surface area contributed by atoms with Crippen molar-refractivity contribution in [2.45, 2.75) is 6.42 Å². The Bertz CT molecular complexity index is 752. The molecular formula is C19H23ClN4O2. The Balaban J connectivity index is 1.75. The van der Waals surface area contributed by atoms with Crippen LogP contribution in [0.4, 0.5) is 16.2 Å². The predicted octanol–water partition coefficient (Wildman–Crippen LogP) is 3.35. The molecule has 0 spiro atoms. The van der Waals surface area contributed by atoms with Gasteiger partial charge in [0.05, 0.1) is 10.6 Å². The maximum absolute atomic E-state index is 12.0. The summed E-state index contributed by atoms with van der Waals surface area (Å²) in [5, 5.41) is 8.31. The first-order chi connectivity index (χ1) is 12.5. The van der Waals surface area contributed by atoms with Crippen LogP contribution in [0.5, 0.6) is 0 Å². The third-order valence-electron chi connectivity index (χ3n) is 3.85. The first kappa shape index (κ1) is 19.6. The highest BCUT2D eigenvalue weighted by Gasteiger charge is 2.10. The Kier molecular flexibility index (Phi) is 7.29. The predicted molar refractivity (Wildman–Crippen MR) is 106 cm³/mol. The number of nitrogens with one attached hydrogen (secondary N) is 3. The molecule has 3 N–H and O–H groups in total. The number of halogens is 1. The topological polar surface area (TPSA) is 73.5 Å². The van der Waals surface area contributed by atoms with E-state index in [-0.39, 0.29) is 17.0 Å². The standard InChI is InChI=1S/C19H23ClN4O2/c1-21-18(25)16-10-9-14(13-17(16)20)23-19(26)22-11-6-12-24(2)15-7-4-3-5-8-15/h3-5,7-10,13H,6,11-12H2,1-2H3,(H,21,25)(H2,22,23,26). The molecule has 26 heavy (non-hydrogen) atoms. The molecule has 0 atom stereocenters. The number of para-hydroxylation sites is 1. The van der Waals surface area contributed by atoms with Gasteiger partial charge in [-0.05, 0) is 36.8 Å². The average molecular weight is 375 g/mol. The van der Waals surface area contributed by atoms with Gasteiger partial charge >= 0.3 is 6.03 Å². The molecule has 2 aromatic carbocycles. The molecule has 7 heteroatoms.